The topological polar surface area (TPSA) is 80.8 Å². The molecule has 0 bridgehead atoms. The zero-order valence-electron chi connectivity index (χ0n) is 16.3. The molecule has 29 heavy (non-hydrogen) atoms. The van der Waals surface area contributed by atoms with E-state index in [0.29, 0.717) is 44.2 Å². The van der Waals surface area contributed by atoms with Crippen molar-refractivity contribution in [1.29, 1.82) is 0 Å². The van der Waals surface area contributed by atoms with Crippen LogP contribution in [0.2, 0.25) is 0 Å². The van der Waals surface area contributed by atoms with Crippen LogP contribution >= 0.6 is 15.9 Å². The summed E-state index contributed by atoms with van der Waals surface area (Å²) < 4.78 is 11.3. The molecule has 1 fully saturated rings. The molecule has 1 N–H and O–H groups in total. The molecule has 2 aromatic rings. The van der Waals surface area contributed by atoms with Gasteiger partial charge in [0, 0.05) is 42.5 Å². The van der Waals surface area contributed by atoms with Crippen molar-refractivity contribution in [3.05, 3.63) is 58.2 Å². The van der Waals surface area contributed by atoms with Gasteiger partial charge in [-0.15, -0.1) is 0 Å². The van der Waals surface area contributed by atoms with Crippen LogP contribution in [0.15, 0.2) is 47.1 Å². The van der Waals surface area contributed by atoms with Gasteiger partial charge in [-0.2, -0.15) is 0 Å². The maximum Gasteiger partial charge on any atom is 0.254 e. The van der Waals surface area contributed by atoms with Gasteiger partial charge in [-0.05, 0) is 42.7 Å². The molecule has 1 atom stereocenters. The van der Waals surface area contributed by atoms with Gasteiger partial charge in [0.05, 0.1) is 6.61 Å². The zero-order chi connectivity index (χ0) is 20.6. The van der Waals surface area contributed by atoms with Crippen LogP contribution < -0.4 is 10.1 Å². The molecule has 1 unspecified atom stereocenters. The minimum absolute atomic E-state index is 0.116. The van der Waals surface area contributed by atoms with Gasteiger partial charge in [-0.25, -0.2) is 4.98 Å². The first-order valence-corrected chi connectivity index (χ1v) is 10.3. The number of halogens is 1. The number of carbonyl (C=O) groups excluding carboxylic acids is 2. The Morgan fingerprint density at radius 3 is 2.69 bits per heavy atom. The van der Waals surface area contributed by atoms with E-state index in [1.807, 2.05) is 18.2 Å². The van der Waals surface area contributed by atoms with Crippen molar-refractivity contribution in [2.75, 3.05) is 26.9 Å². The van der Waals surface area contributed by atoms with Crippen LogP contribution in [0.5, 0.6) is 5.88 Å². The molecule has 0 saturated carbocycles. The Balaban J connectivity index is 1.54. The standard InChI is InChI=1S/C21H24BrN3O4/c1-28-11-12-29-19-9-4-15(13-23-19)14-24-20(26)18-3-2-10-25(18)21(27)16-5-7-17(22)8-6-16/h4-9,13,18H,2-3,10-12,14H2,1H3,(H,24,26). The summed E-state index contributed by atoms with van der Waals surface area (Å²) in [5, 5.41) is 2.92. The van der Waals surface area contributed by atoms with E-state index in [1.54, 1.807) is 36.4 Å². The Kier molecular flexibility index (Phi) is 7.60. The van der Waals surface area contributed by atoms with E-state index in [9.17, 15) is 9.59 Å². The number of aromatic nitrogens is 1. The third-order valence-electron chi connectivity index (χ3n) is 4.71. The number of carbonyl (C=O) groups is 2. The molecule has 0 aliphatic carbocycles. The third-order valence-corrected chi connectivity index (χ3v) is 5.24. The molecule has 3 rings (SSSR count). The van der Waals surface area contributed by atoms with Crippen molar-refractivity contribution in [3.63, 3.8) is 0 Å². The highest BCUT2D eigenvalue weighted by molar-refractivity contribution is 9.10. The summed E-state index contributed by atoms with van der Waals surface area (Å²) in [5.74, 6) is 0.252. The van der Waals surface area contributed by atoms with E-state index < -0.39 is 6.04 Å². The van der Waals surface area contributed by atoms with Crippen LogP contribution in [0, 0.1) is 0 Å². The summed E-state index contributed by atoms with van der Waals surface area (Å²) in [4.78, 5) is 31.4. The summed E-state index contributed by atoms with van der Waals surface area (Å²) in [6, 6.07) is 10.4. The predicted molar refractivity (Wildman–Crippen MR) is 112 cm³/mol. The number of hydrogen-bond donors (Lipinski definition) is 1. The first-order chi connectivity index (χ1) is 14.1. The summed E-state index contributed by atoms with van der Waals surface area (Å²) >= 11 is 3.37. The van der Waals surface area contributed by atoms with Gasteiger partial charge in [0.2, 0.25) is 11.8 Å². The molecule has 1 aromatic carbocycles. The maximum atomic E-state index is 12.8. The highest BCUT2D eigenvalue weighted by Gasteiger charge is 2.34. The fourth-order valence-corrected chi connectivity index (χ4v) is 3.44. The highest BCUT2D eigenvalue weighted by Crippen LogP contribution is 2.21. The quantitative estimate of drug-likeness (QED) is 0.611. The maximum absolute atomic E-state index is 12.8. The van der Waals surface area contributed by atoms with Crippen molar-refractivity contribution in [1.82, 2.24) is 15.2 Å². The van der Waals surface area contributed by atoms with Crippen molar-refractivity contribution in [3.8, 4) is 5.88 Å². The Morgan fingerprint density at radius 2 is 2.00 bits per heavy atom. The summed E-state index contributed by atoms with van der Waals surface area (Å²) in [5.41, 5.74) is 1.45. The average molecular weight is 462 g/mol. The molecule has 7 nitrogen and oxygen atoms in total. The second-order valence-corrected chi connectivity index (χ2v) is 7.64. The van der Waals surface area contributed by atoms with Gasteiger partial charge in [-0.1, -0.05) is 22.0 Å². The summed E-state index contributed by atoms with van der Waals surface area (Å²) in [7, 11) is 1.61. The van der Waals surface area contributed by atoms with Gasteiger partial charge in [-0.3, -0.25) is 9.59 Å². The predicted octanol–water partition coefficient (Wildman–Crippen LogP) is 2.79. The lowest BCUT2D eigenvalue weighted by molar-refractivity contribution is -0.125. The first-order valence-electron chi connectivity index (χ1n) is 9.49. The lowest BCUT2D eigenvalue weighted by Crippen LogP contribution is -2.45. The number of nitrogens with zero attached hydrogens (tertiary/aromatic N) is 2. The van der Waals surface area contributed by atoms with E-state index in [0.717, 1.165) is 16.5 Å². The van der Waals surface area contributed by atoms with Gasteiger partial charge in [0.25, 0.3) is 5.91 Å². The SMILES string of the molecule is COCCOc1ccc(CNC(=O)C2CCCN2C(=O)c2ccc(Br)cc2)cn1. The van der Waals surface area contributed by atoms with Crippen molar-refractivity contribution >= 4 is 27.7 Å². The molecule has 0 radical (unpaired) electrons. The number of hydrogen-bond acceptors (Lipinski definition) is 5. The fraction of sp³-hybridized carbons (Fsp3) is 0.381. The molecule has 1 aliphatic rings. The van der Waals surface area contributed by atoms with Crippen LogP contribution in [-0.4, -0.2) is 54.6 Å². The van der Waals surface area contributed by atoms with E-state index in [-0.39, 0.29) is 11.8 Å². The van der Waals surface area contributed by atoms with Crippen LogP contribution in [0.3, 0.4) is 0 Å². The fourth-order valence-electron chi connectivity index (χ4n) is 3.18. The number of methoxy groups -OCH3 is 1. The molecular formula is C21H24BrN3O4. The van der Waals surface area contributed by atoms with Crippen LogP contribution in [0.4, 0.5) is 0 Å². The lowest BCUT2D eigenvalue weighted by atomic mass is 10.1. The second kappa shape index (κ2) is 10.4. The molecular weight excluding hydrogens is 438 g/mol. The molecule has 1 saturated heterocycles. The number of amides is 2. The number of pyridine rings is 1. The van der Waals surface area contributed by atoms with Crippen LogP contribution in [0.1, 0.15) is 28.8 Å². The van der Waals surface area contributed by atoms with E-state index in [2.05, 4.69) is 26.2 Å². The normalized spacial score (nSPS) is 15.9. The molecule has 1 aliphatic heterocycles. The highest BCUT2D eigenvalue weighted by atomic mass is 79.9. The molecule has 2 heterocycles. The zero-order valence-corrected chi connectivity index (χ0v) is 17.9. The smallest absolute Gasteiger partial charge is 0.254 e. The van der Waals surface area contributed by atoms with Gasteiger partial charge < -0.3 is 19.7 Å². The number of nitrogens with one attached hydrogen (secondary N) is 1. The Hall–Kier alpha value is -2.45. The van der Waals surface area contributed by atoms with E-state index in [1.165, 1.54) is 0 Å². The van der Waals surface area contributed by atoms with Crippen molar-refractivity contribution in [2.45, 2.75) is 25.4 Å². The van der Waals surface area contributed by atoms with E-state index in [4.69, 9.17) is 9.47 Å². The Labute approximate surface area is 178 Å². The lowest BCUT2D eigenvalue weighted by Gasteiger charge is -2.24. The monoisotopic (exact) mass is 461 g/mol. The van der Waals surface area contributed by atoms with Crippen molar-refractivity contribution < 1.29 is 19.1 Å². The van der Waals surface area contributed by atoms with Crippen LogP contribution in [-0.2, 0) is 16.1 Å². The molecule has 2 amide bonds. The summed E-state index contributed by atoms with van der Waals surface area (Å²) in [6.07, 6.45) is 3.15. The Bertz CT molecular complexity index is 827. The molecule has 0 spiro atoms. The average Bonchev–Trinajstić information content (AvgIpc) is 3.23. The minimum atomic E-state index is -0.448. The van der Waals surface area contributed by atoms with Gasteiger partial charge in [0.1, 0.15) is 12.6 Å². The molecule has 8 heteroatoms. The summed E-state index contributed by atoms with van der Waals surface area (Å²) in [6.45, 7) is 1.86. The first kappa shape index (κ1) is 21.3. The number of benzene rings is 1. The molecule has 1 aromatic heterocycles. The minimum Gasteiger partial charge on any atom is -0.475 e. The Morgan fingerprint density at radius 1 is 1.21 bits per heavy atom. The number of likely N-dealkylation sites (tertiary alicyclic amines) is 1. The van der Waals surface area contributed by atoms with E-state index >= 15 is 0 Å². The van der Waals surface area contributed by atoms with Crippen LogP contribution in [0.25, 0.3) is 0 Å². The second-order valence-electron chi connectivity index (χ2n) is 6.73. The third kappa shape index (κ3) is 5.77. The van der Waals surface area contributed by atoms with Gasteiger partial charge >= 0.3 is 0 Å². The van der Waals surface area contributed by atoms with Gasteiger partial charge in [0.15, 0.2) is 0 Å². The molecule has 154 valence electrons. The largest absolute Gasteiger partial charge is 0.475 e. The van der Waals surface area contributed by atoms with Crippen molar-refractivity contribution in [2.24, 2.45) is 0 Å². The number of ether oxygens (including phenoxy) is 2. The number of rotatable bonds is 8.